The minimum absolute atomic E-state index is 0.0960. The Morgan fingerprint density at radius 3 is 2.12 bits per heavy atom. The molecule has 41 heavy (non-hydrogen) atoms. The molecule has 0 aliphatic heterocycles. The number of methoxy groups -OCH3 is 2. The first-order valence-corrected chi connectivity index (χ1v) is 14.5. The summed E-state index contributed by atoms with van der Waals surface area (Å²) < 4.78 is 45.3. The van der Waals surface area contributed by atoms with Gasteiger partial charge in [0.25, 0.3) is 10.0 Å². The zero-order valence-corrected chi connectivity index (χ0v) is 25.0. The van der Waals surface area contributed by atoms with E-state index in [0.29, 0.717) is 18.1 Å². The van der Waals surface area contributed by atoms with Gasteiger partial charge in [-0.2, -0.15) is 0 Å². The van der Waals surface area contributed by atoms with Crippen LogP contribution >= 0.6 is 0 Å². The predicted molar refractivity (Wildman–Crippen MR) is 157 cm³/mol. The second-order valence-electron chi connectivity index (χ2n) is 9.25. The summed E-state index contributed by atoms with van der Waals surface area (Å²) in [6, 6.07) is 17.3. The largest absolute Gasteiger partial charge is 0.494 e. The number of likely N-dealkylation sites (N-methyl/N-ethyl adjacent to an activating group) is 1. The molecule has 0 unspecified atom stereocenters. The van der Waals surface area contributed by atoms with E-state index >= 15 is 0 Å². The molecule has 0 aliphatic carbocycles. The van der Waals surface area contributed by atoms with Gasteiger partial charge in [0.2, 0.25) is 11.8 Å². The van der Waals surface area contributed by atoms with Gasteiger partial charge in [-0.05, 0) is 62.7 Å². The highest BCUT2D eigenvalue weighted by Gasteiger charge is 2.33. The Balaban J connectivity index is 2.07. The summed E-state index contributed by atoms with van der Waals surface area (Å²) in [4.78, 5) is 27.8. The highest BCUT2D eigenvalue weighted by atomic mass is 32.2. The number of nitrogens with zero attached hydrogens (tertiary/aromatic N) is 2. The van der Waals surface area contributed by atoms with Gasteiger partial charge < -0.3 is 24.4 Å². The summed E-state index contributed by atoms with van der Waals surface area (Å²) in [5.74, 6) is 0.209. The van der Waals surface area contributed by atoms with E-state index in [1.54, 1.807) is 31.2 Å². The molecule has 3 aromatic carbocycles. The van der Waals surface area contributed by atoms with E-state index in [1.807, 2.05) is 38.1 Å². The normalized spacial score (nSPS) is 11.8. The third-order valence-electron chi connectivity index (χ3n) is 6.54. The summed E-state index contributed by atoms with van der Waals surface area (Å²) in [5.41, 5.74) is 2.10. The molecule has 2 amide bonds. The molecule has 0 saturated carbocycles. The maximum Gasteiger partial charge on any atom is 0.264 e. The van der Waals surface area contributed by atoms with E-state index in [2.05, 4.69) is 5.32 Å². The van der Waals surface area contributed by atoms with Gasteiger partial charge in [-0.15, -0.1) is 0 Å². The maximum absolute atomic E-state index is 14.1. The fourth-order valence-electron chi connectivity index (χ4n) is 4.19. The lowest BCUT2D eigenvalue weighted by molar-refractivity contribution is -0.139. The molecule has 1 N–H and O–H groups in total. The number of carbonyl (C=O) groups is 2. The van der Waals surface area contributed by atoms with E-state index < -0.39 is 28.5 Å². The van der Waals surface area contributed by atoms with Crippen molar-refractivity contribution in [2.45, 2.75) is 38.3 Å². The van der Waals surface area contributed by atoms with Crippen molar-refractivity contribution < 1.29 is 32.2 Å². The average molecular weight is 584 g/mol. The van der Waals surface area contributed by atoms with Gasteiger partial charge in [-0.25, -0.2) is 8.42 Å². The molecule has 10 nitrogen and oxygen atoms in total. The molecule has 0 radical (unpaired) electrons. The number of ether oxygens (including phenoxy) is 3. The Morgan fingerprint density at radius 1 is 0.927 bits per heavy atom. The monoisotopic (exact) mass is 583 g/mol. The molecule has 0 heterocycles. The van der Waals surface area contributed by atoms with Crippen LogP contribution in [0, 0.1) is 6.92 Å². The van der Waals surface area contributed by atoms with Gasteiger partial charge in [-0.3, -0.25) is 13.9 Å². The number of aryl methyl sites for hydroxylation is 1. The molecule has 0 aliphatic rings. The molecule has 0 spiro atoms. The first-order chi connectivity index (χ1) is 19.5. The smallest absolute Gasteiger partial charge is 0.264 e. The van der Waals surface area contributed by atoms with Crippen molar-refractivity contribution in [2.24, 2.45) is 0 Å². The van der Waals surface area contributed by atoms with Gasteiger partial charge in [-0.1, -0.05) is 29.8 Å². The van der Waals surface area contributed by atoms with Crippen LogP contribution < -0.4 is 23.8 Å². The summed E-state index contributed by atoms with van der Waals surface area (Å²) in [6.07, 6.45) is 0. The van der Waals surface area contributed by atoms with E-state index in [-0.39, 0.29) is 28.8 Å². The van der Waals surface area contributed by atoms with Crippen molar-refractivity contribution in [2.75, 3.05) is 38.7 Å². The first-order valence-electron chi connectivity index (χ1n) is 13.1. The number of hydrogen-bond donors (Lipinski definition) is 1. The standard InChI is InChI=1S/C30H37N3O7S/c1-7-40-25-14-12-24(13-15-25)33(41(36,37)26-16-17-27(38-5)28(18-26)39-6)20-29(34)32(22(3)30(35)31-4)19-23-10-8-21(2)9-11-23/h8-18,22H,7,19-20H2,1-6H3,(H,31,35)/t22-/m1/s1. The highest BCUT2D eigenvalue weighted by Crippen LogP contribution is 2.33. The second kappa shape index (κ2) is 13.9. The zero-order chi connectivity index (χ0) is 30.2. The molecule has 11 heteroatoms. The third kappa shape index (κ3) is 7.49. The Kier molecular flexibility index (Phi) is 10.6. The molecule has 220 valence electrons. The number of rotatable bonds is 13. The van der Waals surface area contributed by atoms with Crippen LogP contribution in [0.25, 0.3) is 0 Å². The SMILES string of the molecule is CCOc1ccc(N(CC(=O)N(Cc2ccc(C)cc2)[C@H](C)C(=O)NC)S(=O)(=O)c2ccc(OC)c(OC)c2)cc1. The summed E-state index contributed by atoms with van der Waals surface area (Å²) >= 11 is 0. The van der Waals surface area contributed by atoms with Crippen molar-refractivity contribution in [3.05, 3.63) is 77.9 Å². The number of carbonyl (C=O) groups excluding carboxylic acids is 2. The fourth-order valence-corrected chi connectivity index (χ4v) is 5.62. The number of hydrogen-bond acceptors (Lipinski definition) is 7. The number of nitrogens with one attached hydrogen (secondary N) is 1. The highest BCUT2D eigenvalue weighted by molar-refractivity contribution is 7.92. The van der Waals surface area contributed by atoms with Crippen LogP contribution in [0.2, 0.25) is 0 Å². The number of anilines is 1. The lowest BCUT2D eigenvalue weighted by Gasteiger charge is -2.32. The third-order valence-corrected chi connectivity index (χ3v) is 8.31. The van der Waals surface area contributed by atoms with Crippen LogP contribution in [0.1, 0.15) is 25.0 Å². The van der Waals surface area contributed by atoms with Gasteiger partial charge in [0.1, 0.15) is 18.3 Å². The Labute approximate surface area is 241 Å². The molecule has 3 aromatic rings. The van der Waals surface area contributed by atoms with Crippen LogP contribution in [-0.2, 0) is 26.2 Å². The topological polar surface area (TPSA) is 114 Å². The lowest BCUT2D eigenvalue weighted by atomic mass is 10.1. The van der Waals surface area contributed by atoms with Crippen molar-refractivity contribution >= 4 is 27.5 Å². The average Bonchev–Trinajstić information content (AvgIpc) is 2.98. The Hall–Kier alpha value is -4.25. The first kappa shape index (κ1) is 31.3. The maximum atomic E-state index is 14.1. The predicted octanol–water partition coefficient (Wildman–Crippen LogP) is 3.77. The van der Waals surface area contributed by atoms with E-state index in [0.717, 1.165) is 15.4 Å². The van der Waals surface area contributed by atoms with Crippen LogP contribution in [0.5, 0.6) is 17.2 Å². The van der Waals surface area contributed by atoms with E-state index in [4.69, 9.17) is 14.2 Å². The van der Waals surface area contributed by atoms with Crippen molar-refractivity contribution in [1.82, 2.24) is 10.2 Å². The number of benzene rings is 3. The van der Waals surface area contributed by atoms with Crippen molar-refractivity contribution in [1.29, 1.82) is 0 Å². The van der Waals surface area contributed by atoms with Crippen LogP contribution in [0.4, 0.5) is 5.69 Å². The second-order valence-corrected chi connectivity index (χ2v) is 11.1. The molecule has 3 rings (SSSR count). The quantitative estimate of drug-likeness (QED) is 0.326. The Morgan fingerprint density at radius 2 is 1.56 bits per heavy atom. The number of sulfonamides is 1. The fraction of sp³-hybridized carbons (Fsp3) is 0.333. The van der Waals surface area contributed by atoms with Gasteiger partial charge in [0.15, 0.2) is 11.5 Å². The van der Waals surface area contributed by atoms with Crippen molar-refractivity contribution in [3.63, 3.8) is 0 Å². The molecule has 0 fully saturated rings. The molecule has 0 saturated heterocycles. The zero-order valence-electron chi connectivity index (χ0n) is 24.2. The summed E-state index contributed by atoms with van der Waals surface area (Å²) in [7, 11) is 0.0602. The summed E-state index contributed by atoms with van der Waals surface area (Å²) in [6.45, 7) is 5.40. The molecule has 0 bridgehead atoms. The minimum atomic E-state index is -4.29. The van der Waals surface area contributed by atoms with Crippen LogP contribution in [-0.4, -0.2) is 65.6 Å². The van der Waals surface area contributed by atoms with Gasteiger partial charge in [0.05, 0.1) is 31.4 Å². The number of amides is 2. The van der Waals surface area contributed by atoms with Crippen LogP contribution in [0.15, 0.2) is 71.6 Å². The molecular weight excluding hydrogens is 546 g/mol. The summed E-state index contributed by atoms with van der Waals surface area (Å²) in [5, 5.41) is 2.57. The van der Waals surface area contributed by atoms with Gasteiger partial charge >= 0.3 is 0 Å². The minimum Gasteiger partial charge on any atom is -0.494 e. The molecule has 0 aromatic heterocycles. The Bertz CT molecular complexity index is 1440. The van der Waals surface area contributed by atoms with Crippen LogP contribution in [0.3, 0.4) is 0 Å². The molecule has 1 atom stereocenters. The van der Waals surface area contributed by atoms with Gasteiger partial charge in [0, 0.05) is 19.7 Å². The molecular formula is C30H37N3O7S. The lowest BCUT2D eigenvalue weighted by Crippen LogP contribution is -2.50. The van der Waals surface area contributed by atoms with Crippen molar-refractivity contribution in [3.8, 4) is 17.2 Å². The van der Waals surface area contributed by atoms with E-state index in [9.17, 15) is 18.0 Å². The van der Waals surface area contributed by atoms with E-state index in [1.165, 1.54) is 44.4 Å².